The normalized spacial score (nSPS) is 11.6. The maximum Gasteiger partial charge on any atom is 0.0548 e. The molecule has 0 unspecified atom stereocenters. The number of para-hydroxylation sites is 2. The first-order chi connectivity index (χ1) is 24.8. The third-order valence-electron chi connectivity index (χ3n) is 10.1. The zero-order valence-electron chi connectivity index (χ0n) is 27.4. The van der Waals surface area contributed by atoms with Crippen LogP contribution in [0.1, 0.15) is 0 Å². The van der Waals surface area contributed by atoms with E-state index in [1.807, 2.05) is 0 Å². The summed E-state index contributed by atoms with van der Waals surface area (Å²) in [6, 6.07) is 70.3. The van der Waals surface area contributed by atoms with Gasteiger partial charge in [0.25, 0.3) is 0 Å². The molecule has 234 valence electrons. The molecule has 0 saturated carbocycles. The fourth-order valence-corrected chi connectivity index (χ4v) is 7.82. The van der Waals surface area contributed by atoms with Gasteiger partial charge in [-0.3, -0.25) is 0 Å². The second-order valence-electron chi connectivity index (χ2n) is 13.0. The van der Waals surface area contributed by atoms with Crippen LogP contribution in [0.2, 0.25) is 0 Å². The summed E-state index contributed by atoms with van der Waals surface area (Å²) in [7, 11) is 0. The number of fused-ring (bicyclic) bond motifs is 7. The SMILES string of the molecule is c1ccc(-c2ccc(-c3cccc(-n4c5ccccc5c5c6c7ccc(-c8ccccc8)cc7n(-c7ccccc7)c6ccc54)c3)cc2)cc1. The van der Waals surface area contributed by atoms with Gasteiger partial charge in [0.2, 0.25) is 0 Å². The van der Waals surface area contributed by atoms with Gasteiger partial charge in [0, 0.05) is 32.9 Å². The molecule has 10 aromatic rings. The maximum absolute atomic E-state index is 2.44. The van der Waals surface area contributed by atoms with E-state index in [1.54, 1.807) is 0 Å². The molecular formula is C48H32N2. The highest BCUT2D eigenvalue weighted by Crippen LogP contribution is 2.43. The van der Waals surface area contributed by atoms with Gasteiger partial charge >= 0.3 is 0 Å². The van der Waals surface area contributed by atoms with Gasteiger partial charge in [-0.25, -0.2) is 0 Å². The Morgan fingerprint density at radius 1 is 0.240 bits per heavy atom. The van der Waals surface area contributed by atoms with Crippen molar-refractivity contribution in [2.24, 2.45) is 0 Å². The summed E-state index contributed by atoms with van der Waals surface area (Å²) in [5, 5.41) is 5.07. The topological polar surface area (TPSA) is 9.86 Å². The lowest BCUT2D eigenvalue weighted by molar-refractivity contribution is 1.17. The van der Waals surface area contributed by atoms with E-state index in [-0.39, 0.29) is 0 Å². The number of nitrogens with zero attached hydrogens (tertiary/aromatic N) is 2. The molecule has 0 aliphatic carbocycles. The van der Waals surface area contributed by atoms with Crippen molar-refractivity contribution < 1.29 is 0 Å². The summed E-state index contributed by atoms with van der Waals surface area (Å²) in [4.78, 5) is 0. The summed E-state index contributed by atoms with van der Waals surface area (Å²) in [5.74, 6) is 0. The van der Waals surface area contributed by atoms with E-state index in [9.17, 15) is 0 Å². The Balaban J connectivity index is 1.21. The third kappa shape index (κ3) is 4.50. The Hall–Kier alpha value is -6.64. The Bertz CT molecular complexity index is 2820. The molecule has 0 spiro atoms. The molecule has 0 aliphatic heterocycles. The lowest BCUT2D eigenvalue weighted by Gasteiger charge is -2.11. The monoisotopic (exact) mass is 636 g/mol. The largest absolute Gasteiger partial charge is 0.309 e. The lowest BCUT2D eigenvalue weighted by atomic mass is 10.00. The molecule has 0 N–H and O–H groups in total. The zero-order chi connectivity index (χ0) is 33.0. The second kappa shape index (κ2) is 11.5. The number of rotatable bonds is 5. The van der Waals surface area contributed by atoms with Gasteiger partial charge in [0.15, 0.2) is 0 Å². The highest BCUT2D eigenvalue weighted by Gasteiger charge is 2.21. The molecule has 2 heterocycles. The number of hydrogen-bond donors (Lipinski definition) is 0. The predicted molar refractivity (Wildman–Crippen MR) is 211 cm³/mol. The van der Waals surface area contributed by atoms with E-state index in [1.165, 1.54) is 77.0 Å². The van der Waals surface area contributed by atoms with Gasteiger partial charge < -0.3 is 9.13 Å². The summed E-state index contributed by atoms with van der Waals surface area (Å²) >= 11 is 0. The molecule has 0 saturated heterocycles. The highest BCUT2D eigenvalue weighted by atomic mass is 15.0. The van der Waals surface area contributed by atoms with Crippen molar-refractivity contribution in [1.29, 1.82) is 0 Å². The van der Waals surface area contributed by atoms with E-state index in [4.69, 9.17) is 0 Å². The summed E-state index contributed by atoms with van der Waals surface area (Å²) < 4.78 is 4.87. The van der Waals surface area contributed by atoms with Crippen molar-refractivity contribution in [3.05, 3.63) is 194 Å². The first-order valence-corrected chi connectivity index (χ1v) is 17.2. The average molecular weight is 637 g/mol. The van der Waals surface area contributed by atoms with Crippen LogP contribution in [0.4, 0.5) is 0 Å². The minimum Gasteiger partial charge on any atom is -0.309 e. The van der Waals surface area contributed by atoms with Crippen LogP contribution in [-0.2, 0) is 0 Å². The van der Waals surface area contributed by atoms with Gasteiger partial charge in [-0.05, 0) is 81.9 Å². The number of benzene rings is 8. The maximum atomic E-state index is 2.44. The van der Waals surface area contributed by atoms with E-state index in [0.29, 0.717) is 0 Å². The minimum absolute atomic E-state index is 1.15. The number of aromatic nitrogens is 2. The Kier molecular flexibility index (Phi) is 6.53. The molecule has 0 aliphatic rings. The molecule has 0 radical (unpaired) electrons. The van der Waals surface area contributed by atoms with Crippen LogP contribution < -0.4 is 0 Å². The van der Waals surface area contributed by atoms with Crippen molar-refractivity contribution >= 4 is 43.6 Å². The standard InChI is InChI=1S/C48H32N2/c1-4-13-33(14-5-1)35-23-25-36(26-24-35)37-17-12-20-40(31-37)50-43-22-11-10-21-41(43)47-45(50)30-29-44-48(47)42-28-27-38(34-15-6-2-7-16-34)32-46(42)49(44)39-18-8-3-9-19-39/h1-32H. The molecular weight excluding hydrogens is 605 g/mol. The molecule has 2 heteroatoms. The van der Waals surface area contributed by atoms with E-state index in [2.05, 4.69) is 203 Å². The molecule has 0 fully saturated rings. The average Bonchev–Trinajstić information content (AvgIpc) is 3.71. The molecule has 2 nitrogen and oxygen atoms in total. The first kappa shape index (κ1) is 28.4. The molecule has 50 heavy (non-hydrogen) atoms. The van der Waals surface area contributed by atoms with Gasteiger partial charge in [-0.1, -0.05) is 146 Å². The van der Waals surface area contributed by atoms with Gasteiger partial charge in [0.1, 0.15) is 0 Å². The quantitative estimate of drug-likeness (QED) is 0.178. The first-order valence-electron chi connectivity index (χ1n) is 17.2. The van der Waals surface area contributed by atoms with Gasteiger partial charge in [-0.2, -0.15) is 0 Å². The summed E-state index contributed by atoms with van der Waals surface area (Å²) in [5.41, 5.74) is 14.4. The van der Waals surface area contributed by atoms with Crippen molar-refractivity contribution in [3.63, 3.8) is 0 Å². The van der Waals surface area contributed by atoms with Crippen LogP contribution in [-0.4, -0.2) is 9.13 Å². The Labute approximate surface area is 290 Å². The van der Waals surface area contributed by atoms with Crippen LogP contribution in [0, 0.1) is 0 Å². The van der Waals surface area contributed by atoms with Crippen molar-refractivity contribution in [3.8, 4) is 44.8 Å². The minimum atomic E-state index is 1.15. The van der Waals surface area contributed by atoms with Crippen LogP contribution in [0.25, 0.3) is 88.4 Å². The van der Waals surface area contributed by atoms with Gasteiger partial charge in [0.05, 0.1) is 22.1 Å². The fourth-order valence-electron chi connectivity index (χ4n) is 7.82. The Morgan fingerprint density at radius 2 is 0.680 bits per heavy atom. The molecule has 2 aromatic heterocycles. The zero-order valence-corrected chi connectivity index (χ0v) is 27.4. The van der Waals surface area contributed by atoms with Crippen LogP contribution in [0.3, 0.4) is 0 Å². The fraction of sp³-hybridized carbons (Fsp3) is 0. The van der Waals surface area contributed by atoms with E-state index in [0.717, 1.165) is 11.4 Å². The van der Waals surface area contributed by atoms with E-state index >= 15 is 0 Å². The highest BCUT2D eigenvalue weighted by molar-refractivity contribution is 6.29. The number of hydrogen-bond acceptors (Lipinski definition) is 0. The molecule has 0 amide bonds. The van der Waals surface area contributed by atoms with Crippen molar-refractivity contribution in [1.82, 2.24) is 9.13 Å². The van der Waals surface area contributed by atoms with Crippen LogP contribution >= 0.6 is 0 Å². The summed E-state index contributed by atoms with van der Waals surface area (Å²) in [6.45, 7) is 0. The van der Waals surface area contributed by atoms with E-state index < -0.39 is 0 Å². The van der Waals surface area contributed by atoms with Crippen molar-refractivity contribution in [2.45, 2.75) is 0 Å². The molecule has 8 aromatic carbocycles. The Morgan fingerprint density at radius 3 is 1.36 bits per heavy atom. The van der Waals surface area contributed by atoms with Crippen LogP contribution in [0.5, 0.6) is 0 Å². The van der Waals surface area contributed by atoms with Crippen LogP contribution in [0.15, 0.2) is 194 Å². The third-order valence-corrected chi connectivity index (χ3v) is 10.1. The molecule has 10 rings (SSSR count). The smallest absolute Gasteiger partial charge is 0.0548 e. The summed E-state index contributed by atoms with van der Waals surface area (Å²) in [6.07, 6.45) is 0. The molecule has 0 atom stereocenters. The van der Waals surface area contributed by atoms with Gasteiger partial charge in [-0.15, -0.1) is 0 Å². The predicted octanol–water partition coefficient (Wildman–Crippen LogP) is 12.9. The second-order valence-corrected chi connectivity index (χ2v) is 13.0. The molecule has 0 bridgehead atoms. The van der Waals surface area contributed by atoms with Crippen molar-refractivity contribution in [2.75, 3.05) is 0 Å². The lowest BCUT2D eigenvalue weighted by Crippen LogP contribution is -1.95.